The smallest absolute Gasteiger partial charge is 0.410 e. The third-order valence-corrected chi connectivity index (χ3v) is 4.41. The number of aromatic nitrogens is 3. The summed E-state index contributed by atoms with van der Waals surface area (Å²) in [5, 5.41) is 2.94. The van der Waals surface area contributed by atoms with E-state index in [0.29, 0.717) is 18.5 Å². The van der Waals surface area contributed by atoms with Gasteiger partial charge in [-0.05, 0) is 49.2 Å². The molecule has 2 aromatic rings. The monoisotopic (exact) mass is 414 g/mol. The third kappa shape index (κ3) is 4.20. The number of amides is 1. The maximum atomic E-state index is 14.5. The van der Waals surface area contributed by atoms with E-state index in [2.05, 4.69) is 31.0 Å². The number of H-pyrrole nitrogens is 1. The number of rotatable bonds is 1. The molecule has 1 amide bonds. The van der Waals surface area contributed by atoms with Crippen LogP contribution in [0.3, 0.4) is 0 Å². The van der Waals surface area contributed by atoms with Gasteiger partial charge in [0.1, 0.15) is 11.8 Å². The van der Waals surface area contributed by atoms with Gasteiger partial charge >= 0.3 is 6.09 Å². The average molecular weight is 415 g/mol. The van der Waals surface area contributed by atoms with Crippen LogP contribution >= 0.6 is 15.9 Å². The number of fused-ring (bicyclic) bond motifs is 1. The summed E-state index contributed by atoms with van der Waals surface area (Å²) in [6.45, 7) is 5.60. The molecule has 3 heterocycles. The van der Waals surface area contributed by atoms with Gasteiger partial charge in [0.15, 0.2) is 0 Å². The maximum absolute atomic E-state index is 14.5. The van der Waals surface area contributed by atoms with Crippen LogP contribution in [0.1, 0.15) is 28.6 Å². The number of carbonyl (C=O) groups excluding carboxylic acids is 1. The highest BCUT2D eigenvalue weighted by molar-refractivity contribution is 9.10. The molecule has 1 N–H and O–H groups in total. The van der Waals surface area contributed by atoms with Gasteiger partial charge in [-0.15, -0.1) is 0 Å². The second-order valence-corrected chi connectivity index (χ2v) is 7.82. The quantitative estimate of drug-likeness (QED) is 0.779. The number of aromatic amines is 1. The SMILES string of the molecule is [2H]c1nc(=N[C@H]2CCN(C(=O)OC(C)(C)C)C[C@H]2F)[nH]n2ccc(Br)c12. The predicted octanol–water partition coefficient (Wildman–Crippen LogP) is 2.67. The summed E-state index contributed by atoms with van der Waals surface area (Å²) >= 11 is 3.35. The Bertz CT molecular complexity index is 891. The van der Waals surface area contributed by atoms with Gasteiger partial charge in [-0.2, -0.15) is 0 Å². The summed E-state index contributed by atoms with van der Waals surface area (Å²) in [4.78, 5) is 21.8. The van der Waals surface area contributed by atoms with E-state index in [0.717, 1.165) is 4.47 Å². The summed E-state index contributed by atoms with van der Waals surface area (Å²) in [7, 11) is 0. The molecule has 2 atom stereocenters. The molecule has 0 unspecified atom stereocenters. The molecule has 0 spiro atoms. The number of nitrogens with zero attached hydrogens (tertiary/aromatic N) is 4. The first-order valence-electron chi connectivity index (χ1n) is 8.53. The molecule has 0 radical (unpaired) electrons. The van der Waals surface area contributed by atoms with E-state index in [1.54, 1.807) is 37.5 Å². The minimum atomic E-state index is -1.33. The fraction of sp³-hybridized carbons (Fsp3) is 0.562. The number of alkyl halides is 1. The predicted molar refractivity (Wildman–Crippen MR) is 93.9 cm³/mol. The summed E-state index contributed by atoms with van der Waals surface area (Å²) < 4.78 is 30.2. The average Bonchev–Trinajstić information content (AvgIpc) is 2.89. The highest BCUT2D eigenvalue weighted by atomic mass is 79.9. The number of halogens is 2. The highest BCUT2D eigenvalue weighted by Gasteiger charge is 2.33. The van der Waals surface area contributed by atoms with Crippen LogP contribution in [0.25, 0.3) is 5.52 Å². The maximum Gasteiger partial charge on any atom is 0.410 e. The molecule has 1 aliphatic rings. The van der Waals surface area contributed by atoms with Gasteiger partial charge in [-0.1, -0.05) is 0 Å². The highest BCUT2D eigenvalue weighted by Crippen LogP contribution is 2.20. The lowest BCUT2D eigenvalue weighted by atomic mass is 10.0. The molecule has 1 fully saturated rings. The van der Waals surface area contributed by atoms with Gasteiger partial charge in [-0.25, -0.2) is 19.2 Å². The van der Waals surface area contributed by atoms with Crippen molar-refractivity contribution < 1.29 is 15.3 Å². The van der Waals surface area contributed by atoms with Crippen LogP contribution in [0.4, 0.5) is 9.18 Å². The largest absolute Gasteiger partial charge is 0.444 e. The van der Waals surface area contributed by atoms with Crippen LogP contribution in [0.2, 0.25) is 0 Å². The molecule has 7 nitrogen and oxygen atoms in total. The molecule has 136 valence electrons. The zero-order valence-electron chi connectivity index (χ0n) is 15.3. The number of likely N-dealkylation sites (tertiary alicyclic amines) is 1. The second-order valence-electron chi connectivity index (χ2n) is 6.97. The summed E-state index contributed by atoms with van der Waals surface area (Å²) in [6, 6.07) is 1.15. The van der Waals surface area contributed by atoms with E-state index in [1.165, 1.54) is 4.90 Å². The van der Waals surface area contributed by atoms with Crippen molar-refractivity contribution in [3.05, 3.63) is 28.5 Å². The van der Waals surface area contributed by atoms with Crippen LogP contribution in [-0.2, 0) is 4.74 Å². The molecule has 0 bridgehead atoms. The van der Waals surface area contributed by atoms with Gasteiger partial charge < -0.3 is 9.64 Å². The number of piperidine rings is 1. The summed E-state index contributed by atoms with van der Waals surface area (Å²) in [5.41, 5.74) is 0.151. The normalized spacial score (nSPS) is 23.0. The van der Waals surface area contributed by atoms with Gasteiger partial charge in [0.25, 0.3) is 0 Å². The minimum Gasteiger partial charge on any atom is -0.444 e. The van der Waals surface area contributed by atoms with Crippen molar-refractivity contribution in [2.24, 2.45) is 4.99 Å². The Balaban J connectivity index is 1.76. The zero-order valence-corrected chi connectivity index (χ0v) is 15.9. The van der Waals surface area contributed by atoms with E-state index in [-0.39, 0.29) is 18.3 Å². The van der Waals surface area contributed by atoms with E-state index < -0.39 is 23.9 Å². The number of nitrogens with one attached hydrogen (secondary N) is 1. The molecule has 2 aromatic heterocycles. The van der Waals surface area contributed by atoms with E-state index >= 15 is 0 Å². The first-order valence-corrected chi connectivity index (χ1v) is 8.82. The molecule has 0 aromatic carbocycles. The van der Waals surface area contributed by atoms with Crippen LogP contribution in [-0.4, -0.2) is 56.5 Å². The Morgan fingerprint density at radius 1 is 1.60 bits per heavy atom. The number of hydrogen-bond donors (Lipinski definition) is 1. The van der Waals surface area contributed by atoms with E-state index in [9.17, 15) is 9.18 Å². The molecule has 25 heavy (non-hydrogen) atoms. The fourth-order valence-corrected chi connectivity index (χ4v) is 2.99. The summed E-state index contributed by atoms with van der Waals surface area (Å²) in [5.74, 6) is 0. The molecule has 1 saturated heterocycles. The Kier molecular flexibility index (Phi) is 4.49. The van der Waals surface area contributed by atoms with Crippen LogP contribution in [0.15, 0.2) is 27.9 Å². The molecule has 0 saturated carbocycles. The molecule has 3 rings (SSSR count). The minimum absolute atomic E-state index is 0.0426. The molecule has 0 aliphatic carbocycles. The van der Waals surface area contributed by atoms with Crippen molar-refractivity contribution in [2.75, 3.05) is 13.1 Å². The van der Waals surface area contributed by atoms with Crippen molar-refractivity contribution in [2.45, 2.75) is 45.0 Å². The second kappa shape index (κ2) is 6.78. The van der Waals surface area contributed by atoms with Crippen molar-refractivity contribution in [3.63, 3.8) is 0 Å². The molecular weight excluding hydrogens is 393 g/mol. The number of ether oxygens (including phenoxy) is 1. The number of carbonyl (C=O) groups is 1. The Hall–Kier alpha value is -1.90. The first-order chi connectivity index (χ1) is 12.1. The molecule has 1 aliphatic heterocycles. The van der Waals surface area contributed by atoms with E-state index in [1.807, 2.05) is 0 Å². The van der Waals surface area contributed by atoms with Gasteiger partial charge in [0.05, 0.1) is 25.6 Å². The molecule has 9 heteroatoms. The lowest BCUT2D eigenvalue weighted by molar-refractivity contribution is 0.0115. The van der Waals surface area contributed by atoms with Crippen LogP contribution in [0, 0.1) is 0 Å². The Morgan fingerprint density at radius 2 is 2.36 bits per heavy atom. The third-order valence-electron chi connectivity index (χ3n) is 3.77. The zero-order chi connectivity index (χ0) is 19.1. The standard InChI is InChI=1S/C16H21BrFN5O2/c1-16(2,3)25-15(24)22-6-5-12(11(18)9-22)20-14-19-8-13-10(17)4-7-23(13)21-14/h4,7-8,11-12H,5-6,9H2,1-3H3,(H,20,21)/t11-,12+/m1/s1/i8D. The summed E-state index contributed by atoms with van der Waals surface area (Å²) in [6.07, 6.45) is 0.288. The topological polar surface area (TPSA) is 75.0 Å². The fourth-order valence-electron chi connectivity index (χ4n) is 2.59. The van der Waals surface area contributed by atoms with Gasteiger partial charge in [0, 0.05) is 17.2 Å². The van der Waals surface area contributed by atoms with Crippen molar-refractivity contribution in [3.8, 4) is 0 Å². The lowest BCUT2D eigenvalue weighted by Gasteiger charge is -2.34. The molecular formula is C16H21BrFN5O2. The van der Waals surface area contributed by atoms with Gasteiger partial charge in [0.2, 0.25) is 5.62 Å². The first kappa shape index (κ1) is 16.6. The lowest BCUT2D eigenvalue weighted by Crippen LogP contribution is -2.48. The van der Waals surface area contributed by atoms with Crippen molar-refractivity contribution >= 4 is 27.5 Å². The van der Waals surface area contributed by atoms with Crippen molar-refractivity contribution in [1.82, 2.24) is 19.5 Å². The van der Waals surface area contributed by atoms with Crippen molar-refractivity contribution in [1.29, 1.82) is 0 Å². The number of hydrogen-bond acceptors (Lipinski definition) is 4. The Morgan fingerprint density at radius 3 is 3.04 bits per heavy atom. The van der Waals surface area contributed by atoms with Gasteiger partial charge in [-0.3, -0.25) is 9.61 Å². The van der Waals surface area contributed by atoms with E-state index in [4.69, 9.17) is 6.11 Å². The Labute approximate surface area is 154 Å². The van der Waals surface area contributed by atoms with Crippen LogP contribution < -0.4 is 5.62 Å². The van der Waals surface area contributed by atoms with Crippen LogP contribution in [0.5, 0.6) is 0 Å².